The minimum atomic E-state index is -0.0822. The molecule has 0 saturated carbocycles. The van der Waals surface area contributed by atoms with Gasteiger partial charge in [0, 0.05) is 23.7 Å². The molecule has 1 aromatic carbocycles. The number of piperidine rings is 2. The van der Waals surface area contributed by atoms with Crippen molar-refractivity contribution in [2.45, 2.75) is 63.6 Å². The van der Waals surface area contributed by atoms with E-state index in [9.17, 15) is 4.79 Å². The first-order chi connectivity index (χ1) is 13.1. The number of hydrogen-bond donors (Lipinski definition) is 1. The third-order valence-electron chi connectivity index (χ3n) is 5.87. The first kappa shape index (κ1) is 19.8. The Balaban J connectivity index is 1.72. The molecule has 2 aliphatic heterocycles. The van der Waals surface area contributed by atoms with Crippen LogP contribution >= 0.6 is 0 Å². The fourth-order valence-corrected chi connectivity index (χ4v) is 4.70. The smallest absolute Gasteiger partial charge is 0.251 e. The molecular weight excluding hydrogens is 344 g/mol. The fourth-order valence-electron chi connectivity index (χ4n) is 4.70. The summed E-state index contributed by atoms with van der Waals surface area (Å²) in [4.78, 5) is 15.6. The molecule has 1 amide bonds. The van der Waals surface area contributed by atoms with E-state index in [2.05, 4.69) is 17.1 Å². The SMILES string of the molecule is CCCN1[C@@H]2CCC[C@H]1CC(NC(=O)c1cc(OC)c(OC)c(OC)c1)C2. The second kappa shape index (κ2) is 8.83. The summed E-state index contributed by atoms with van der Waals surface area (Å²) in [5.74, 6) is 1.41. The number of carbonyl (C=O) groups is 1. The summed E-state index contributed by atoms with van der Waals surface area (Å²) in [6.45, 7) is 3.41. The zero-order chi connectivity index (χ0) is 19.4. The van der Waals surface area contributed by atoms with Crippen LogP contribution in [0.2, 0.25) is 0 Å². The Morgan fingerprint density at radius 1 is 1.07 bits per heavy atom. The number of rotatable bonds is 7. The van der Waals surface area contributed by atoms with Gasteiger partial charge in [-0.25, -0.2) is 0 Å². The predicted octanol–water partition coefficient (Wildman–Crippen LogP) is 3.24. The van der Waals surface area contributed by atoms with Crippen molar-refractivity contribution in [3.05, 3.63) is 17.7 Å². The number of fused-ring (bicyclic) bond motifs is 2. The van der Waals surface area contributed by atoms with E-state index in [1.165, 1.54) is 32.2 Å². The number of ether oxygens (including phenoxy) is 3. The molecule has 2 aliphatic rings. The van der Waals surface area contributed by atoms with Gasteiger partial charge in [0.25, 0.3) is 5.91 Å². The van der Waals surface area contributed by atoms with Crippen molar-refractivity contribution >= 4 is 5.91 Å². The lowest BCUT2D eigenvalue weighted by molar-refractivity contribution is 0.0245. The highest BCUT2D eigenvalue weighted by Crippen LogP contribution is 2.38. The first-order valence-corrected chi connectivity index (χ1v) is 9.97. The van der Waals surface area contributed by atoms with Gasteiger partial charge in [0.1, 0.15) is 0 Å². The van der Waals surface area contributed by atoms with Crippen LogP contribution in [0.1, 0.15) is 55.8 Å². The van der Waals surface area contributed by atoms with Crippen molar-refractivity contribution in [1.29, 1.82) is 0 Å². The molecule has 0 spiro atoms. The van der Waals surface area contributed by atoms with E-state index in [1.54, 1.807) is 33.5 Å². The topological polar surface area (TPSA) is 60.0 Å². The van der Waals surface area contributed by atoms with Crippen molar-refractivity contribution < 1.29 is 19.0 Å². The second-order valence-electron chi connectivity index (χ2n) is 7.53. The van der Waals surface area contributed by atoms with Crippen LogP contribution in [0.3, 0.4) is 0 Å². The van der Waals surface area contributed by atoms with Crippen molar-refractivity contribution in [1.82, 2.24) is 10.2 Å². The molecule has 3 atom stereocenters. The van der Waals surface area contributed by atoms with Crippen molar-refractivity contribution in [3.8, 4) is 17.2 Å². The van der Waals surface area contributed by atoms with Gasteiger partial charge < -0.3 is 19.5 Å². The van der Waals surface area contributed by atoms with Gasteiger partial charge in [-0.1, -0.05) is 13.3 Å². The zero-order valence-corrected chi connectivity index (χ0v) is 16.9. The summed E-state index contributed by atoms with van der Waals surface area (Å²) in [5, 5.41) is 3.25. The third kappa shape index (κ3) is 4.15. The number of amides is 1. The van der Waals surface area contributed by atoms with E-state index < -0.39 is 0 Å². The average Bonchev–Trinajstić information content (AvgIpc) is 2.67. The fraction of sp³-hybridized carbons (Fsp3) is 0.667. The minimum absolute atomic E-state index is 0.0822. The van der Waals surface area contributed by atoms with E-state index in [4.69, 9.17) is 14.2 Å². The summed E-state index contributed by atoms with van der Waals surface area (Å²) < 4.78 is 16.1. The molecule has 1 unspecified atom stereocenters. The zero-order valence-electron chi connectivity index (χ0n) is 16.9. The molecule has 6 nitrogen and oxygen atoms in total. The van der Waals surface area contributed by atoms with E-state index in [0.717, 1.165) is 12.8 Å². The van der Waals surface area contributed by atoms with Crippen LogP contribution in [-0.4, -0.2) is 56.8 Å². The number of methoxy groups -OCH3 is 3. The highest BCUT2D eigenvalue weighted by molar-refractivity contribution is 5.95. The lowest BCUT2D eigenvalue weighted by atomic mass is 9.81. The average molecular weight is 376 g/mol. The van der Waals surface area contributed by atoms with Crippen molar-refractivity contribution in [2.24, 2.45) is 0 Å². The molecule has 2 heterocycles. The molecular formula is C21H32N2O4. The Bertz CT molecular complexity index is 625. The van der Waals surface area contributed by atoms with Crippen LogP contribution in [0.5, 0.6) is 17.2 Å². The first-order valence-electron chi connectivity index (χ1n) is 9.97. The molecule has 3 rings (SSSR count). The van der Waals surface area contributed by atoms with Gasteiger partial charge >= 0.3 is 0 Å². The largest absolute Gasteiger partial charge is 0.493 e. The Morgan fingerprint density at radius 2 is 1.67 bits per heavy atom. The maximum Gasteiger partial charge on any atom is 0.251 e. The van der Waals surface area contributed by atoms with E-state index in [1.807, 2.05) is 0 Å². The number of hydrogen-bond acceptors (Lipinski definition) is 5. The predicted molar refractivity (Wildman–Crippen MR) is 105 cm³/mol. The standard InChI is InChI=1S/C21H32N2O4/c1-5-9-23-16-7-6-8-17(23)13-15(12-16)22-21(24)14-10-18(25-2)20(27-4)19(11-14)26-3/h10-11,15-17H,5-9,12-13H2,1-4H3,(H,22,24)/t15?,16-,17+. The molecule has 2 bridgehead atoms. The molecule has 2 saturated heterocycles. The van der Waals surface area contributed by atoms with Gasteiger partial charge in [0.05, 0.1) is 21.3 Å². The Morgan fingerprint density at radius 3 is 2.15 bits per heavy atom. The van der Waals surface area contributed by atoms with Crippen LogP contribution in [0.15, 0.2) is 12.1 Å². The molecule has 150 valence electrons. The van der Waals surface area contributed by atoms with Crippen molar-refractivity contribution in [3.63, 3.8) is 0 Å². The molecule has 1 N–H and O–H groups in total. The normalized spacial score (nSPS) is 25.0. The lowest BCUT2D eigenvalue weighted by Crippen LogP contribution is -2.57. The molecule has 0 radical (unpaired) electrons. The van der Waals surface area contributed by atoms with Gasteiger partial charge in [-0.05, 0) is 50.8 Å². The van der Waals surface area contributed by atoms with Gasteiger partial charge in [-0.3, -0.25) is 9.69 Å². The summed E-state index contributed by atoms with van der Waals surface area (Å²) in [5.41, 5.74) is 0.533. The Hall–Kier alpha value is -1.95. The van der Waals surface area contributed by atoms with Gasteiger partial charge in [-0.15, -0.1) is 0 Å². The summed E-state index contributed by atoms with van der Waals surface area (Å²) >= 11 is 0. The lowest BCUT2D eigenvalue weighted by Gasteiger charge is -2.49. The summed E-state index contributed by atoms with van der Waals surface area (Å²) in [7, 11) is 4.68. The van der Waals surface area contributed by atoms with Crippen LogP contribution in [-0.2, 0) is 0 Å². The number of carbonyl (C=O) groups excluding carboxylic acids is 1. The molecule has 0 aromatic heterocycles. The summed E-state index contributed by atoms with van der Waals surface area (Å²) in [6.07, 6.45) is 7.05. The highest BCUT2D eigenvalue weighted by Gasteiger charge is 2.38. The van der Waals surface area contributed by atoms with Crippen LogP contribution < -0.4 is 19.5 Å². The Kier molecular flexibility index (Phi) is 6.47. The maximum atomic E-state index is 12.9. The van der Waals surface area contributed by atoms with Crippen molar-refractivity contribution in [2.75, 3.05) is 27.9 Å². The molecule has 27 heavy (non-hydrogen) atoms. The third-order valence-corrected chi connectivity index (χ3v) is 5.87. The Labute approximate surface area is 162 Å². The minimum Gasteiger partial charge on any atom is -0.493 e. The number of nitrogens with one attached hydrogen (secondary N) is 1. The molecule has 6 heteroatoms. The van der Waals surface area contributed by atoms with Crippen LogP contribution in [0, 0.1) is 0 Å². The maximum absolute atomic E-state index is 12.9. The van der Waals surface area contributed by atoms with E-state index in [-0.39, 0.29) is 11.9 Å². The number of nitrogens with zero attached hydrogens (tertiary/aromatic N) is 1. The molecule has 1 aromatic rings. The summed E-state index contributed by atoms with van der Waals surface area (Å²) in [6, 6.07) is 4.85. The number of benzene rings is 1. The highest BCUT2D eigenvalue weighted by atomic mass is 16.5. The van der Waals surface area contributed by atoms with Crippen LogP contribution in [0.4, 0.5) is 0 Å². The monoisotopic (exact) mass is 376 g/mol. The van der Waals surface area contributed by atoms with Gasteiger partial charge in [0.2, 0.25) is 5.75 Å². The van der Waals surface area contributed by atoms with Gasteiger partial charge in [-0.2, -0.15) is 0 Å². The van der Waals surface area contributed by atoms with Crippen LogP contribution in [0.25, 0.3) is 0 Å². The molecule has 0 aliphatic carbocycles. The quantitative estimate of drug-likeness (QED) is 0.792. The van der Waals surface area contributed by atoms with E-state index in [0.29, 0.717) is 34.9 Å². The molecule has 2 fully saturated rings. The van der Waals surface area contributed by atoms with E-state index >= 15 is 0 Å². The van der Waals surface area contributed by atoms with Gasteiger partial charge in [0.15, 0.2) is 11.5 Å². The second-order valence-corrected chi connectivity index (χ2v) is 7.53.